The van der Waals surface area contributed by atoms with Gasteiger partial charge in [-0.05, 0) is 25.0 Å². The largest absolute Gasteiger partial charge is 0.468 e. The second-order valence-electron chi connectivity index (χ2n) is 3.57. The number of esters is 1. The van der Waals surface area contributed by atoms with Crippen molar-refractivity contribution in [2.75, 3.05) is 13.4 Å². The average molecular weight is 216 g/mol. The predicted molar refractivity (Wildman–Crippen MR) is 56.3 cm³/mol. The van der Waals surface area contributed by atoms with Crippen LogP contribution in [0.1, 0.15) is 25.7 Å². The fraction of sp³-hybridized carbons (Fsp3) is 0.800. The molecule has 4 heteroatoms. The van der Waals surface area contributed by atoms with Gasteiger partial charge >= 0.3 is 5.97 Å². The van der Waals surface area contributed by atoms with Gasteiger partial charge in [0.25, 0.3) is 0 Å². The number of thioether (sulfide) groups is 1. The van der Waals surface area contributed by atoms with E-state index >= 15 is 0 Å². The number of ketones is 1. The first-order chi connectivity index (χ1) is 6.69. The van der Waals surface area contributed by atoms with E-state index in [1.165, 1.54) is 18.9 Å². The van der Waals surface area contributed by atoms with Crippen LogP contribution in [0.5, 0.6) is 0 Å². The summed E-state index contributed by atoms with van der Waals surface area (Å²) in [5.74, 6) is 0.264. The summed E-state index contributed by atoms with van der Waals surface area (Å²) < 4.78 is 4.72. The van der Waals surface area contributed by atoms with Crippen LogP contribution in [0.4, 0.5) is 0 Å². The van der Waals surface area contributed by atoms with Crippen LogP contribution in [-0.4, -0.2) is 30.4 Å². The standard InChI is InChI=1S/C10H16O3S/c1-13-10(12)9(14-2)7-4-3-5-8(11)6-7/h7,9H,3-6H2,1-2H3. The van der Waals surface area contributed by atoms with Crippen LogP contribution in [0.15, 0.2) is 0 Å². The van der Waals surface area contributed by atoms with Crippen molar-refractivity contribution in [1.29, 1.82) is 0 Å². The summed E-state index contributed by atoms with van der Waals surface area (Å²) in [6.45, 7) is 0. The van der Waals surface area contributed by atoms with E-state index in [-0.39, 0.29) is 22.9 Å². The van der Waals surface area contributed by atoms with Gasteiger partial charge in [0.1, 0.15) is 11.0 Å². The van der Waals surface area contributed by atoms with E-state index in [0.717, 1.165) is 12.8 Å². The zero-order valence-corrected chi connectivity index (χ0v) is 9.43. The molecule has 14 heavy (non-hydrogen) atoms. The zero-order valence-electron chi connectivity index (χ0n) is 8.62. The molecule has 1 aliphatic rings. The molecule has 0 heterocycles. The maximum absolute atomic E-state index is 11.4. The van der Waals surface area contributed by atoms with E-state index in [4.69, 9.17) is 4.74 Å². The fourth-order valence-corrected chi connectivity index (χ4v) is 2.82. The number of hydrogen-bond donors (Lipinski definition) is 0. The van der Waals surface area contributed by atoms with Crippen molar-refractivity contribution in [1.82, 2.24) is 0 Å². The first-order valence-corrected chi connectivity index (χ1v) is 6.10. The number of Topliss-reactive ketones (excluding diaryl/α,β-unsaturated/α-hetero) is 1. The lowest BCUT2D eigenvalue weighted by Gasteiger charge is -2.26. The normalized spacial score (nSPS) is 24.4. The van der Waals surface area contributed by atoms with E-state index < -0.39 is 0 Å². The second-order valence-corrected chi connectivity index (χ2v) is 4.55. The van der Waals surface area contributed by atoms with Gasteiger partial charge in [-0.25, -0.2) is 0 Å². The molecule has 1 fully saturated rings. The molecule has 0 aromatic carbocycles. The van der Waals surface area contributed by atoms with Crippen molar-refractivity contribution in [2.45, 2.75) is 30.9 Å². The maximum atomic E-state index is 11.4. The van der Waals surface area contributed by atoms with Crippen LogP contribution in [-0.2, 0) is 14.3 Å². The van der Waals surface area contributed by atoms with E-state index in [2.05, 4.69) is 0 Å². The highest BCUT2D eigenvalue weighted by atomic mass is 32.2. The van der Waals surface area contributed by atoms with Gasteiger partial charge in [-0.1, -0.05) is 0 Å². The van der Waals surface area contributed by atoms with Gasteiger partial charge in [0.05, 0.1) is 7.11 Å². The van der Waals surface area contributed by atoms with Crippen molar-refractivity contribution in [2.24, 2.45) is 5.92 Å². The summed E-state index contributed by atoms with van der Waals surface area (Å²) in [7, 11) is 1.40. The highest BCUT2D eigenvalue weighted by Crippen LogP contribution is 2.30. The van der Waals surface area contributed by atoms with Gasteiger partial charge in [0.15, 0.2) is 0 Å². The van der Waals surface area contributed by atoms with E-state index in [9.17, 15) is 9.59 Å². The Morgan fingerprint density at radius 1 is 1.64 bits per heavy atom. The molecule has 0 radical (unpaired) electrons. The zero-order chi connectivity index (χ0) is 10.6. The topological polar surface area (TPSA) is 43.4 Å². The highest BCUT2D eigenvalue weighted by Gasteiger charge is 2.32. The number of carbonyl (C=O) groups excluding carboxylic acids is 2. The molecule has 1 rings (SSSR count). The maximum Gasteiger partial charge on any atom is 0.319 e. The van der Waals surface area contributed by atoms with Crippen molar-refractivity contribution < 1.29 is 14.3 Å². The number of carbonyl (C=O) groups is 2. The minimum absolute atomic E-state index is 0.163. The molecule has 3 nitrogen and oxygen atoms in total. The lowest BCUT2D eigenvalue weighted by atomic mass is 9.86. The van der Waals surface area contributed by atoms with Gasteiger partial charge in [0.2, 0.25) is 0 Å². The van der Waals surface area contributed by atoms with Gasteiger partial charge < -0.3 is 4.74 Å². The van der Waals surface area contributed by atoms with Gasteiger partial charge in [-0.15, -0.1) is 11.8 Å². The molecular formula is C10H16O3S. The first kappa shape index (κ1) is 11.6. The Morgan fingerprint density at radius 2 is 2.36 bits per heavy atom. The third kappa shape index (κ3) is 2.74. The molecule has 0 saturated heterocycles. The van der Waals surface area contributed by atoms with Crippen LogP contribution in [0.3, 0.4) is 0 Å². The molecule has 1 saturated carbocycles. The number of methoxy groups -OCH3 is 1. The molecule has 0 aromatic heterocycles. The Kier molecular flexibility index (Phi) is 4.45. The van der Waals surface area contributed by atoms with Gasteiger partial charge in [0, 0.05) is 12.8 Å². The lowest BCUT2D eigenvalue weighted by molar-refractivity contribution is -0.141. The van der Waals surface area contributed by atoms with Gasteiger partial charge in [-0.2, -0.15) is 0 Å². The Balaban J connectivity index is 2.59. The molecule has 0 bridgehead atoms. The SMILES string of the molecule is COC(=O)C(SC)C1CCCC(=O)C1. The van der Waals surface area contributed by atoms with Crippen LogP contribution in [0.25, 0.3) is 0 Å². The second kappa shape index (κ2) is 5.39. The van der Waals surface area contributed by atoms with Crippen LogP contribution in [0, 0.1) is 5.92 Å². The van der Waals surface area contributed by atoms with Crippen molar-refractivity contribution in [3.63, 3.8) is 0 Å². The molecular weight excluding hydrogens is 200 g/mol. The molecule has 2 unspecified atom stereocenters. The molecule has 2 atom stereocenters. The minimum Gasteiger partial charge on any atom is -0.468 e. The third-order valence-corrected chi connectivity index (χ3v) is 3.72. The van der Waals surface area contributed by atoms with Crippen LogP contribution in [0.2, 0.25) is 0 Å². The molecule has 0 aromatic rings. The van der Waals surface area contributed by atoms with Crippen molar-refractivity contribution in [3.05, 3.63) is 0 Å². The third-order valence-electron chi connectivity index (χ3n) is 2.64. The predicted octanol–water partition coefficient (Wildman–Crippen LogP) is 1.65. The smallest absolute Gasteiger partial charge is 0.319 e. The summed E-state index contributed by atoms with van der Waals surface area (Å²) in [6.07, 6.45) is 4.99. The Hall–Kier alpha value is -0.510. The molecule has 0 aliphatic heterocycles. The lowest BCUT2D eigenvalue weighted by Crippen LogP contribution is -2.31. The molecule has 80 valence electrons. The summed E-state index contributed by atoms with van der Waals surface area (Å²) in [4.78, 5) is 22.6. The number of hydrogen-bond acceptors (Lipinski definition) is 4. The fourth-order valence-electron chi connectivity index (χ4n) is 1.91. The molecule has 0 spiro atoms. The van der Waals surface area contributed by atoms with E-state index in [0.29, 0.717) is 12.8 Å². The summed E-state index contributed by atoms with van der Waals surface area (Å²) in [5, 5.41) is -0.163. The monoisotopic (exact) mass is 216 g/mol. The Bertz CT molecular complexity index is 227. The summed E-state index contributed by atoms with van der Waals surface area (Å²) in [5.41, 5.74) is 0. The summed E-state index contributed by atoms with van der Waals surface area (Å²) >= 11 is 1.48. The Morgan fingerprint density at radius 3 is 2.86 bits per heavy atom. The number of rotatable bonds is 3. The van der Waals surface area contributed by atoms with E-state index in [1.807, 2.05) is 6.26 Å². The van der Waals surface area contributed by atoms with Crippen LogP contribution >= 0.6 is 11.8 Å². The minimum atomic E-state index is -0.197. The van der Waals surface area contributed by atoms with Gasteiger partial charge in [-0.3, -0.25) is 9.59 Å². The van der Waals surface area contributed by atoms with Crippen LogP contribution < -0.4 is 0 Å². The van der Waals surface area contributed by atoms with E-state index in [1.54, 1.807) is 0 Å². The molecule has 1 aliphatic carbocycles. The molecule has 0 N–H and O–H groups in total. The number of ether oxygens (including phenoxy) is 1. The summed E-state index contributed by atoms with van der Waals surface area (Å²) in [6, 6.07) is 0. The van der Waals surface area contributed by atoms with Crippen molar-refractivity contribution >= 4 is 23.5 Å². The highest BCUT2D eigenvalue weighted by molar-refractivity contribution is 7.99. The average Bonchev–Trinajstić information content (AvgIpc) is 2.19. The Labute approximate surface area is 88.6 Å². The first-order valence-electron chi connectivity index (χ1n) is 4.81. The van der Waals surface area contributed by atoms with Crippen molar-refractivity contribution in [3.8, 4) is 0 Å². The quantitative estimate of drug-likeness (QED) is 0.673. The molecule has 0 amide bonds.